The fraction of sp³-hybridized carbons (Fsp3) is 0. The molecule has 1 aromatic rings. The van der Waals surface area contributed by atoms with Gasteiger partial charge < -0.3 is 0 Å². The maximum absolute atomic E-state index is 4.95. The molecule has 0 spiro atoms. The van der Waals surface area contributed by atoms with Crippen LogP contribution in [-0.4, -0.2) is 0 Å². The van der Waals surface area contributed by atoms with Gasteiger partial charge >= 0.3 is 34.5 Å². The van der Waals surface area contributed by atoms with E-state index in [2.05, 4.69) is 6.92 Å². The Morgan fingerprint density at radius 3 is 1.70 bits per heavy atom. The first kappa shape index (κ1) is 10.3. The quantitative estimate of drug-likeness (QED) is 0.471. The molecule has 3 heteroatoms. The first-order chi connectivity index (χ1) is 4.81. The van der Waals surface area contributed by atoms with Crippen molar-refractivity contribution in [1.29, 1.82) is 0 Å². The van der Waals surface area contributed by atoms with E-state index in [1.165, 1.54) is 0 Å². The first-order valence-corrected chi connectivity index (χ1v) is 10.6. The second-order valence-electron chi connectivity index (χ2n) is 1.59. The third kappa shape index (κ3) is 6.41. The Balaban J connectivity index is 0.000000236. The monoisotopic (exact) mass is 225 g/mol. The summed E-state index contributed by atoms with van der Waals surface area (Å²) in [6.07, 6.45) is 0. The summed E-state index contributed by atoms with van der Waals surface area (Å²) >= 11 is -0.931. The minimum absolute atomic E-state index is 0.931. The zero-order valence-corrected chi connectivity index (χ0v) is 10.0. The van der Waals surface area contributed by atoms with Gasteiger partial charge in [0.05, 0.1) is 0 Å². The molecule has 0 aromatic heterocycles. The van der Waals surface area contributed by atoms with Crippen LogP contribution in [0.4, 0.5) is 0 Å². The van der Waals surface area contributed by atoms with Gasteiger partial charge in [-0.3, -0.25) is 0 Å². The zero-order chi connectivity index (χ0) is 7.82. The number of hydrogen-bond donors (Lipinski definition) is 0. The van der Waals surface area contributed by atoms with Crippen LogP contribution in [-0.2, 0) is 15.1 Å². The van der Waals surface area contributed by atoms with Gasteiger partial charge in [0.15, 0.2) is 0 Å². The van der Waals surface area contributed by atoms with Gasteiger partial charge in [0.25, 0.3) is 0 Å². The fourth-order valence-corrected chi connectivity index (χ4v) is 0.478. The normalized spacial score (nSPS) is 7.00. The van der Waals surface area contributed by atoms with Gasteiger partial charge in [0, 0.05) is 0 Å². The zero-order valence-electron chi connectivity index (χ0n) is 5.56. The molecule has 0 N–H and O–H groups in total. The molecule has 0 nitrogen and oxygen atoms in total. The van der Waals surface area contributed by atoms with Crippen LogP contribution < -0.4 is 0 Å². The van der Waals surface area contributed by atoms with Gasteiger partial charge in [-0.25, -0.2) is 0 Å². The molecule has 0 saturated heterocycles. The molecular weight excluding hydrogens is 220 g/mol. The summed E-state index contributed by atoms with van der Waals surface area (Å²) in [7, 11) is 9.90. The summed E-state index contributed by atoms with van der Waals surface area (Å²) in [6.45, 7) is 3.72. The topological polar surface area (TPSA) is 0 Å². The van der Waals surface area contributed by atoms with Crippen LogP contribution in [0.3, 0.4) is 0 Å². The van der Waals surface area contributed by atoms with Crippen LogP contribution in [0, 0.1) is 6.92 Å². The van der Waals surface area contributed by atoms with E-state index in [-0.39, 0.29) is 0 Å². The first-order valence-electron chi connectivity index (χ1n) is 2.80. The van der Waals surface area contributed by atoms with E-state index in [0.717, 1.165) is 5.56 Å². The minimum atomic E-state index is -0.931. The number of benzene rings is 1. The van der Waals surface area contributed by atoms with Gasteiger partial charge in [-0.05, 0) is 0 Å². The van der Waals surface area contributed by atoms with Crippen LogP contribution in [0.5, 0.6) is 0 Å². The van der Waals surface area contributed by atoms with Crippen LogP contribution in [0.1, 0.15) is 5.56 Å². The van der Waals surface area contributed by atoms with Crippen molar-refractivity contribution in [3.8, 4) is 0 Å². The van der Waals surface area contributed by atoms with Crippen LogP contribution in [0.25, 0.3) is 0 Å². The number of rotatable bonds is 0. The van der Waals surface area contributed by atoms with E-state index in [0.29, 0.717) is 0 Å². The molecule has 0 unspecified atom stereocenters. The molecule has 0 radical (unpaired) electrons. The Morgan fingerprint density at radius 2 is 1.50 bits per heavy atom. The van der Waals surface area contributed by atoms with Crippen LogP contribution in [0.2, 0.25) is 0 Å². The second-order valence-corrected chi connectivity index (χ2v) is 6.21. The Labute approximate surface area is 77.2 Å². The van der Waals surface area contributed by atoms with Crippen molar-refractivity contribution in [3.05, 3.63) is 42.8 Å². The fourth-order valence-electron chi connectivity index (χ4n) is 0.478. The number of hydrogen-bond acceptors (Lipinski definition) is 0. The standard InChI is InChI=1S/C7H7.2ClH.Zn/c1-7-5-3-2-4-6-7;;;/h2-6H,1H2;2*1H;/q-1;;;+2/p-2. The Kier molecular flexibility index (Phi) is 7.62. The molecule has 0 aliphatic carbocycles. The van der Waals surface area contributed by atoms with Crippen molar-refractivity contribution < 1.29 is 15.1 Å². The average molecular weight is 227 g/mol. The van der Waals surface area contributed by atoms with Crippen molar-refractivity contribution in [2.24, 2.45) is 0 Å². The molecule has 52 valence electrons. The summed E-state index contributed by atoms with van der Waals surface area (Å²) in [6, 6.07) is 9.87. The molecule has 0 amide bonds. The molecule has 0 fully saturated rings. The molecule has 0 aliphatic heterocycles. The Morgan fingerprint density at radius 1 is 1.10 bits per heavy atom. The predicted molar refractivity (Wildman–Crippen MR) is 42.6 cm³/mol. The summed E-state index contributed by atoms with van der Waals surface area (Å²) in [4.78, 5) is 0. The third-order valence-corrected chi connectivity index (χ3v) is 0.843. The summed E-state index contributed by atoms with van der Waals surface area (Å²) in [5.74, 6) is 0. The van der Waals surface area contributed by atoms with Gasteiger partial charge in [-0.2, -0.15) is 24.6 Å². The summed E-state index contributed by atoms with van der Waals surface area (Å²) in [5.41, 5.74) is 1.07. The van der Waals surface area contributed by atoms with Gasteiger partial charge in [0.2, 0.25) is 0 Å². The molecule has 10 heavy (non-hydrogen) atoms. The average Bonchev–Trinajstić information content (AvgIpc) is 1.91. The molecule has 1 aromatic carbocycles. The van der Waals surface area contributed by atoms with Crippen molar-refractivity contribution in [2.45, 2.75) is 0 Å². The molecule has 1 rings (SSSR count). The van der Waals surface area contributed by atoms with Crippen molar-refractivity contribution in [1.82, 2.24) is 0 Å². The van der Waals surface area contributed by atoms with E-state index in [1.54, 1.807) is 0 Å². The number of halogens is 2. The molecule has 0 heterocycles. The summed E-state index contributed by atoms with van der Waals surface area (Å²) < 4.78 is 0. The van der Waals surface area contributed by atoms with Crippen molar-refractivity contribution in [3.63, 3.8) is 0 Å². The van der Waals surface area contributed by atoms with E-state index >= 15 is 0 Å². The molecular formula is C7H7Cl2Zn-. The Bertz CT molecular complexity index is 153. The van der Waals surface area contributed by atoms with E-state index < -0.39 is 15.1 Å². The van der Waals surface area contributed by atoms with E-state index in [9.17, 15) is 0 Å². The van der Waals surface area contributed by atoms with E-state index in [4.69, 9.17) is 19.4 Å². The molecule has 0 atom stereocenters. The molecule has 0 bridgehead atoms. The molecule has 0 saturated carbocycles. The Hall–Kier alpha value is 0.293. The van der Waals surface area contributed by atoms with Crippen molar-refractivity contribution in [2.75, 3.05) is 0 Å². The van der Waals surface area contributed by atoms with Crippen LogP contribution in [0.15, 0.2) is 30.3 Å². The van der Waals surface area contributed by atoms with Crippen LogP contribution >= 0.6 is 19.4 Å². The van der Waals surface area contributed by atoms with Gasteiger partial charge in [-0.1, -0.05) is 6.07 Å². The SMILES string of the molecule is [CH2-]c1ccccc1.[Cl][Zn][Cl]. The maximum atomic E-state index is 4.95. The second kappa shape index (κ2) is 7.40. The van der Waals surface area contributed by atoms with Crippen molar-refractivity contribution >= 4 is 19.4 Å². The van der Waals surface area contributed by atoms with E-state index in [1.807, 2.05) is 30.3 Å². The summed E-state index contributed by atoms with van der Waals surface area (Å²) in [5, 5.41) is 0. The van der Waals surface area contributed by atoms with Gasteiger partial charge in [-0.15, -0.1) is 12.1 Å². The third-order valence-electron chi connectivity index (χ3n) is 0.843. The predicted octanol–water partition coefficient (Wildman–Crippen LogP) is 3.25. The molecule has 0 aliphatic rings. The van der Waals surface area contributed by atoms with Gasteiger partial charge in [0.1, 0.15) is 0 Å².